The highest BCUT2D eigenvalue weighted by Gasteiger charge is 2.63. The van der Waals surface area contributed by atoms with Gasteiger partial charge in [0.05, 0.1) is 0 Å². The monoisotopic (exact) mass is 422 g/mol. The molecule has 1 aromatic rings. The molecule has 4 rings (SSSR count). The highest BCUT2D eigenvalue weighted by atomic mass is 16.5. The molecule has 0 aromatic heterocycles. The number of aryl methyl sites for hydroxylation is 1. The molecular weight excluding hydrogens is 384 g/mol. The van der Waals surface area contributed by atoms with Gasteiger partial charge in [0, 0.05) is 0 Å². The molecule has 31 heavy (non-hydrogen) atoms. The Balaban J connectivity index is 1.44. The van der Waals surface area contributed by atoms with Gasteiger partial charge in [0.2, 0.25) is 0 Å². The largest absolute Gasteiger partial charge is 0.507 e. The average molecular weight is 423 g/mol. The first-order valence-corrected chi connectivity index (χ1v) is 12.1. The van der Waals surface area contributed by atoms with E-state index in [1.165, 1.54) is 24.8 Å². The molecule has 0 heterocycles. The lowest BCUT2D eigenvalue weighted by molar-refractivity contribution is 0.0515. The maximum atomic E-state index is 12.8. The molecular formula is C28H38O3. The van der Waals surface area contributed by atoms with E-state index in [0.717, 1.165) is 36.7 Å². The lowest BCUT2D eigenvalue weighted by atomic mass is 9.68. The molecule has 2 bridgehead atoms. The molecule has 1 aromatic carbocycles. The third-order valence-electron chi connectivity index (χ3n) is 8.83. The van der Waals surface area contributed by atoms with E-state index < -0.39 is 5.97 Å². The standard InChI is InChI=1S/C28H38O3/c1-5-6-7-8-10-20-11-9-12-22(25(20)29)26(30)31-18-21-15-16-28-17-23(21)27(3,4)24(28)14-13-19(28)2/h6-7,9,11-12,15,19,23-24,29H,5,8,10,13-14,16-18H2,1-4H3/b7-6-/t19-,23?,24?,28+/m0/s1. The molecule has 0 radical (unpaired) electrons. The third kappa shape index (κ3) is 3.75. The molecule has 1 N–H and O–H groups in total. The minimum absolute atomic E-state index is 0.0681. The molecule has 0 aliphatic heterocycles. The lowest BCUT2D eigenvalue weighted by Gasteiger charge is -2.36. The molecule has 0 amide bonds. The molecule has 3 aliphatic rings. The summed E-state index contributed by atoms with van der Waals surface area (Å²) in [5.41, 5.74) is 3.08. The second kappa shape index (κ2) is 8.48. The summed E-state index contributed by atoms with van der Waals surface area (Å²) in [5, 5.41) is 10.6. The van der Waals surface area contributed by atoms with Gasteiger partial charge in [-0.25, -0.2) is 4.79 Å². The van der Waals surface area contributed by atoms with Gasteiger partial charge in [-0.15, -0.1) is 0 Å². The van der Waals surface area contributed by atoms with Crippen molar-refractivity contribution in [1.82, 2.24) is 0 Å². The molecule has 0 saturated heterocycles. The summed E-state index contributed by atoms with van der Waals surface area (Å²) in [5.74, 6) is 1.69. The van der Waals surface area contributed by atoms with Crippen molar-refractivity contribution in [3.05, 3.63) is 53.1 Å². The highest BCUT2D eigenvalue weighted by Crippen LogP contribution is 2.71. The first-order valence-electron chi connectivity index (χ1n) is 12.1. The summed E-state index contributed by atoms with van der Waals surface area (Å²) in [6.07, 6.45) is 14.2. The molecule has 3 aliphatic carbocycles. The number of carbonyl (C=O) groups is 1. The van der Waals surface area contributed by atoms with Gasteiger partial charge in [0.25, 0.3) is 0 Å². The fraction of sp³-hybridized carbons (Fsp3) is 0.607. The lowest BCUT2D eigenvalue weighted by Crippen LogP contribution is -2.30. The van der Waals surface area contributed by atoms with Gasteiger partial charge in [-0.1, -0.05) is 58.1 Å². The summed E-state index contributed by atoms with van der Waals surface area (Å²) < 4.78 is 5.76. The maximum absolute atomic E-state index is 12.8. The number of benzene rings is 1. The molecule has 168 valence electrons. The number of phenols is 1. The summed E-state index contributed by atoms with van der Waals surface area (Å²) in [6.45, 7) is 9.72. The van der Waals surface area contributed by atoms with Gasteiger partial charge in [-0.2, -0.15) is 0 Å². The van der Waals surface area contributed by atoms with Crippen LogP contribution < -0.4 is 0 Å². The zero-order valence-corrected chi connectivity index (χ0v) is 19.6. The first-order chi connectivity index (χ1) is 14.8. The van der Waals surface area contributed by atoms with Crippen LogP contribution in [-0.2, 0) is 11.2 Å². The second-order valence-corrected chi connectivity index (χ2v) is 10.6. The summed E-state index contributed by atoms with van der Waals surface area (Å²) in [7, 11) is 0. The fourth-order valence-electron chi connectivity index (χ4n) is 7.04. The van der Waals surface area contributed by atoms with Crippen LogP contribution in [0.1, 0.15) is 82.1 Å². The van der Waals surface area contributed by atoms with Gasteiger partial charge in [-0.05, 0) is 90.7 Å². The maximum Gasteiger partial charge on any atom is 0.342 e. The number of para-hydroxylation sites is 1. The van der Waals surface area contributed by atoms with Crippen LogP contribution in [-0.4, -0.2) is 17.7 Å². The topological polar surface area (TPSA) is 46.5 Å². The predicted octanol–water partition coefficient (Wildman–Crippen LogP) is 6.86. The summed E-state index contributed by atoms with van der Waals surface area (Å²) in [4.78, 5) is 12.8. The number of ether oxygens (including phenoxy) is 1. The van der Waals surface area contributed by atoms with E-state index in [2.05, 4.69) is 45.9 Å². The zero-order chi connectivity index (χ0) is 22.2. The molecule has 2 unspecified atom stereocenters. The Bertz CT molecular complexity index is 894. The van der Waals surface area contributed by atoms with Crippen molar-refractivity contribution in [3.8, 4) is 5.75 Å². The van der Waals surface area contributed by atoms with E-state index in [1.807, 2.05) is 12.1 Å². The van der Waals surface area contributed by atoms with E-state index in [4.69, 9.17) is 4.74 Å². The Morgan fingerprint density at radius 3 is 2.84 bits per heavy atom. The molecule has 2 saturated carbocycles. The summed E-state index contributed by atoms with van der Waals surface area (Å²) in [6, 6.07) is 5.39. The number of allylic oxidation sites excluding steroid dienone is 3. The fourth-order valence-corrected chi connectivity index (χ4v) is 7.04. The van der Waals surface area contributed by atoms with Crippen molar-refractivity contribution >= 4 is 5.97 Å². The number of esters is 1. The van der Waals surface area contributed by atoms with Gasteiger partial charge < -0.3 is 9.84 Å². The smallest absolute Gasteiger partial charge is 0.342 e. The van der Waals surface area contributed by atoms with Gasteiger partial charge >= 0.3 is 5.97 Å². The molecule has 2 fully saturated rings. The number of hydrogen-bond donors (Lipinski definition) is 1. The van der Waals surface area contributed by atoms with E-state index >= 15 is 0 Å². The van der Waals surface area contributed by atoms with Crippen molar-refractivity contribution in [2.75, 3.05) is 6.61 Å². The normalized spacial score (nSPS) is 31.0. The van der Waals surface area contributed by atoms with Crippen molar-refractivity contribution in [1.29, 1.82) is 0 Å². The Kier molecular flexibility index (Phi) is 6.07. The van der Waals surface area contributed by atoms with E-state index in [1.54, 1.807) is 6.07 Å². The number of fused-ring (bicyclic) bond motifs is 1. The van der Waals surface area contributed by atoms with Crippen LogP contribution in [0.4, 0.5) is 0 Å². The van der Waals surface area contributed by atoms with Crippen LogP contribution in [0.3, 0.4) is 0 Å². The van der Waals surface area contributed by atoms with Crippen molar-refractivity contribution < 1.29 is 14.6 Å². The molecule has 1 spiro atoms. The average Bonchev–Trinajstić information content (AvgIpc) is 3.15. The molecule has 3 nitrogen and oxygen atoms in total. The Morgan fingerprint density at radius 2 is 2.06 bits per heavy atom. The van der Waals surface area contributed by atoms with Crippen molar-refractivity contribution in [2.24, 2.45) is 28.6 Å². The van der Waals surface area contributed by atoms with Gasteiger partial charge in [0.15, 0.2) is 0 Å². The third-order valence-corrected chi connectivity index (χ3v) is 8.83. The predicted molar refractivity (Wildman–Crippen MR) is 125 cm³/mol. The van der Waals surface area contributed by atoms with Crippen LogP contribution in [0.25, 0.3) is 0 Å². The van der Waals surface area contributed by atoms with Crippen LogP contribution in [0.2, 0.25) is 0 Å². The van der Waals surface area contributed by atoms with Crippen LogP contribution in [0.5, 0.6) is 5.75 Å². The van der Waals surface area contributed by atoms with Crippen LogP contribution in [0.15, 0.2) is 42.0 Å². The van der Waals surface area contributed by atoms with Crippen LogP contribution >= 0.6 is 0 Å². The Labute approximate surface area is 187 Å². The van der Waals surface area contributed by atoms with Crippen LogP contribution in [0, 0.1) is 28.6 Å². The minimum atomic E-state index is -0.422. The number of carbonyl (C=O) groups excluding carboxylic acids is 1. The summed E-state index contributed by atoms with van der Waals surface area (Å²) >= 11 is 0. The minimum Gasteiger partial charge on any atom is -0.507 e. The van der Waals surface area contributed by atoms with E-state index in [0.29, 0.717) is 24.4 Å². The SMILES string of the molecule is CC/C=C\CCc1cccc(C(=O)OCC2=CC[C@]34CC2C(C)(C)C3CC[C@@H]4C)c1O. The second-order valence-electron chi connectivity index (χ2n) is 10.6. The highest BCUT2D eigenvalue weighted by molar-refractivity contribution is 5.93. The van der Waals surface area contributed by atoms with Gasteiger partial charge in [-0.3, -0.25) is 0 Å². The number of rotatable bonds is 7. The Hall–Kier alpha value is -2.03. The Morgan fingerprint density at radius 1 is 1.26 bits per heavy atom. The van der Waals surface area contributed by atoms with Crippen molar-refractivity contribution in [3.63, 3.8) is 0 Å². The van der Waals surface area contributed by atoms with Gasteiger partial charge in [0.1, 0.15) is 17.9 Å². The number of hydrogen-bond acceptors (Lipinski definition) is 3. The number of aromatic hydroxyl groups is 1. The molecule has 4 atom stereocenters. The zero-order valence-electron chi connectivity index (χ0n) is 19.6. The van der Waals surface area contributed by atoms with E-state index in [9.17, 15) is 9.90 Å². The van der Waals surface area contributed by atoms with Crippen molar-refractivity contribution in [2.45, 2.75) is 72.6 Å². The molecule has 3 heteroatoms. The number of phenolic OH excluding ortho intramolecular Hbond substituents is 1. The quantitative estimate of drug-likeness (QED) is 0.386. The van der Waals surface area contributed by atoms with E-state index in [-0.39, 0.29) is 16.7 Å². The first kappa shape index (κ1) is 22.2.